The molecular weight excluding hydrogens is 278 g/mol. The van der Waals surface area contributed by atoms with Gasteiger partial charge in [0.15, 0.2) is 0 Å². The van der Waals surface area contributed by atoms with E-state index in [-0.39, 0.29) is 0 Å². The fourth-order valence-electron chi connectivity index (χ4n) is 2.48. The quantitative estimate of drug-likeness (QED) is 0.826. The van der Waals surface area contributed by atoms with Crippen molar-refractivity contribution in [3.05, 3.63) is 34.5 Å². The van der Waals surface area contributed by atoms with Crippen molar-refractivity contribution in [3.8, 4) is 0 Å². The van der Waals surface area contributed by atoms with E-state index in [2.05, 4.69) is 39.0 Å². The minimum absolute atomic E-state index is 0.951. The number of hydrogen-bond acceptors (Lipinski definition) is 2. The fourth-order valence-corrected chi connectivity index (χ4v) is 2.82. The van der Waals surface area contributed by atoms with Gasteiger partial charge in [0, 0.05) is 9.86 Å². The van der Waals surface area contributed by atoms with E-state index in [4.69, 9.17) is 4.42 Å². The zero-order valence-corrected chi connectivity index (χ0v) is 11.4. The molecule has 1 fully saturated rings. The molecule has 2 nitrogen and oxygen atoms in total. The number of fused-ring (bicyclic) bond motifs is 1. The highest BCUT2D eigenvalue weighted by molar-refractivity contribution is 9.10. The van der Waals surface area contributed by atoms with Crippen LogP contribution in [0.15, 0.2) is 33.2 Å². The first-order valence-electron chi connectivity index (χ1n) is 6.21. The summed E-state index contributed by atoms with van der Waals surface area (Å²) in [5.41, 5.74) is 0.978. The Hall–Kier alpha value is -0.800. The van der Waals surface area contributed by atoms with Crippen LogP contribution in [0.2, 0.25) is 0 Å². The second kappa shape index (κ2) is 4.83. The first kappa shape index (κ1) is 11.3. The molecule has 1 aliphatic heterocycles. The first-order valence-corrected chi connectivity index (χ1v) is 7.01. The third-order valence-corrected chi connectivity index (χ3v) is 3.85. The van der Waals surface area contributed by atoms with E-state index in [1.807, 2.05) is 6.07 Å². The van der Waals surface area contributed by atoms with Gasteiger partial charge >= 0.3 is 0 Å². The molecule has 3 heteroatoms. The van der Waals surface area contributed by atoms with Gasteiger partial charge in [0.1, 0.15) is 11.3 Å². The lowest BCUT2D eigenvalue weighted by Gasteiger charge is -2.25. The topological polar surface area (TPSA) is 16.4 Å². The van der Waals surface area contributed by atoms with Crippen molar-refractivity contribution in [2.75, 3.05) is 13.1 Å². The van der Waals surface area contributed by atoms with Crippen LogP contribution in [0.25, 0.3) is 11.0 Å². The highest BCUT2D eigenvalue weighted by atomic mass is 79.9. The van der Waals surface area contributed by atoms with Gasteiger partial charge in [-0.2, -0.15) is 0 Å². The number of halogens is 1. The molecule has 90 valence electrons. The Labute approximate surface area is 110 Å². The van der Waals surface area contributed by atoms with E-state index in [9.17, 15) is 0 Å². The van der Waals surface area contributed by atoms with E-state index >= 15 is 0 Å². The van der Waals surface area contributed by atoms with Crippen LogP contribution in [-0.4, -0.2) is 18.0 Å². The van der Waals surface area contributed by atoms with E-state index in [0.29, 0.717) is 0 Å². The first-order chi connectivity index (χ1) is 8.31. The molecular formula is C14H16BrNO. The van der Waals surface area contributed by atoms with Gasteiger partial charge in [-0.1, -0.05) is 22.4 Å². The predicted molar refractivity (Wildman–Crippen MR) is 73.0 cm³/mol. The number of rotatable bonds is 2. The Morgan fingerprint density at radius 1 is 1.12 bits per heavy atom. The van der Waals surface area contributed by atoms with Gasteiger partial charge in [0.25, 0.3) is 0 Å². The molecule has 0 amide bonds. The van der Waals surface area contributed by atoms with Crippen molar-refractivity contribution in [2.24, 2.45) is 0 Å². The van der Waals surface area contributed by atoms with E-state index < -0.39 is 0 Å². The van der Waals surface area contributed by atoms with Gasteiger partial charge in [-0.15, -0.1) is 0 Å². The Balaban J connectivity index is 1.80. The Morgan fingerprint density at radius 2 is 1.94 bits per heavy atom. The minimum atomic E-state index is 0.951. The number of furan rings is 1. The average Bonchev–Trinajstić information content (AvgIpc) is 2.71. The number of benzene rings is 1. The molecule has 17 heavy (non-hydrogen) atoms. The van der Waals surface area contributed by atoms with Crippen LogP contribution in [0.4, 0.5) is 0 Å². The molecule has 1 aliphatic rings. The third kappa shape index (κ3) is 2.55. The number of piperidine rings is 1. The van der Waals surface area contributed by atoms with Crippen molar-refractivity contribution in [1.29, 1.82) is 0 Å². The molecule has 0 spiro atoms. The summed E-state index contributed by atoms with van der Waals surface area (Å²) in [4.78, 5) is 2.48. The summed E-state index contributed by atoms with van der Waals surface area (Å²) in [6, 6.07) is 8.36. The van der Waals surface area contributed by atoms with Crippen molar-refractivity contribution >= 4 is 26.9 Å². The molecule has 0 aliphatic carbocycles. The fraction of sp³-hybridized carbons (Fsp3) is 0.429. The van der Waals surface area contributed by atoms with Crippen molar-refractivity contribution in [1.82, 2.24) is 4.90 Å². The largest absolute Gasteiger partial charge is 0.460 e. The van der Waals surface area contributed by atoms with Gasteiger partial charge in [-0.05, 0) is 50.2 Å². The summed E-state index contributed by atoms with van der Waals surface area (Å²) in [6.45, 7) is 3.37. The third-order valence-electron chi connectivity index (χ3n) is 3.36. The van der Waals surface area contributed by atoms with Crippen LogP contribution in [0.3, 0.4) is 0 Å². The van der Waals surface area contributed by atoms with E-state index in [1.54, 1.807) is 0 Å². The lowest BCUT2D eigenvalue weighted by atomic mass is 10.1. The zero-order chi connectivity index (χ0) is 11.7. The SMILES string of the molecule is Brc1ccc2cc(CN3CCCCC3)oc2c1. The van der Waals surface area contributed by atoms with Crippen molar-refractivity contribution in [2.45, 2.75) is 25.8 Å². The molecule has 0 bridgehead atoms. The average molecular weight is 294 g/mol. The summed E-state index contributed by atoms with van der Waals surface area (Å²) >= 11 is 3.47. The molecule has 1 aromatic heterocycles. The van der Waals surface area contributed by atoms with E-state index in [1.165, 1.54) is 37.7 Å². The second-order valence-electron chi connectivity index (χ2n) is 4.73. The Bertz CT molecular complexity index is 514. The number of hydrogen-bond donors (Lipinski definition) is 0. The van der Waals surface area contributed by atoms with Gasteiger partial charge < -0.3 is 4.42 Å². The number of nitrogens with zero attached hydrogens (tertiary/aromatic N) is 1. The minimum Gasteiger partial charge on any atom is -0.460 e. The molecule has 2 heterocycles. The monoisotopic (exact) mass is 293 g/mol. The summed E-state index contributed by atoms with van der Waals surface area (Å²) in [5.74, 6) is 1.08. The smallest absolute Gasteiger partial charge is 0.135 e. The molecule has 0 saturated carbocycles. The maximum atomic E-state index is 5.88. The lowest BCUT2D eigenvalue weighted by Crippen LogP contribution is -2.28. The molecule has 0 unspecified atom stereocenters. The van der Waals surface area contributed by atoms with Crippen molar-refractivity contribution in [3.63, 3.8) is 0 Å². The molecule has 0 atom stereocenters. The molecule has 1 saturated heterocycles. The van der Waals surface area contributed by atoms with Gasteiger partial charge in [-0.3, -0.25) is 4.90 Å². The van der Waals surface area contributed by atoms with Gasteiger partial charge in [-0.25, -0.2) is 0 Å². The van der Waals surface area contributed by atoms with Crippen LogP contribution < -0.4 is 0 Å². The Morgan fingerprint density at radius 3 is 2.76 bits per heavy atom. The van der Waals surface area contributed by atoms with Crippen LogP contribution in [0.5, 0.6) is 0 Å². The summed E-state index contributed by atoms with van der Waals surface area (Å²) in [6.07, 6.45) is 4.03. The Kier molecular flexibility index (Phi) is 3.21. The summed E-state index contributed by atoms with van der Waals surface area (Å²) in [7, 11) is 0. The highest BCUT2D eigenvalue weighted by Gasteiger charge is 2.13. The maximum absolute atomic E-state index is 5.88. The van der Waals surface area contributed by atoms with Crippen molar-refractivity contribution < 1.29 is 4.42 Å². The standard InChI is InChI=1S/C14H16BrNO/c15-12-5-4-11-8-13(17-14(11)9-12)10-16-6-2-1-3-7-16/h4-5,8-9H,1-3,6-7,10H2. The summed E-state index contributed by atoms with van der Waals surface area (Å²) < 4.78 is 6.95. The number of likely N-dealkylation sites (tertiary alicyclic amines) is 1. The molecule has 0 radical (unpaired) electrons. The molecule has 1 aromatic carbocycles. The van der Waals surface area contributed by atoms with Crippen LogP contribution in [0.1, 0.15) is 25.0 Å². The normalized spacial score (nSPS) is 17.7. The van der Waals surface area contributed by atoms with Gasteiger partial charge in [0.05, 0.1) is 6.54 Å². The molecule has 0 N–H and O–H groups in total. The van der Waals surface area contributed by atoms with Crippen LogP contribution in [-0.2, 0) is 6.54 Å². The predicted octanol–water partition coefficient (Wildman–Crippen LogP) is 4.18. The highest BCUT2D eigenvalue weighted by Crippen LogP contribution is 2.24. The summed E-state index contributed by atoms with van der Waals surface area (Å²) in [5, 5.41) is 1.19. The molecule has 2 aromatic rings. The van der Waals surface area contributed by atoms with E-state index in [0.717, 1.165) is 22.4 Å². The molecule has 3 rings (SSSR count). The maximum Gasteiger partial charge on any atom is 0.135 e. The second-order valence-corrected chi connectivity index (χ2v) is 5.65. The van der Waals surface area contributed by atoms with Crippen LogP contribution >= 0.6 is 15.9 Å². The van der Waals surface area contributed by atoms with Gasteiger partial charge in [0.2, 0.25) is 0 Å². The lowest BCUT2D eigenvalue weighted by molar-refractivity contribution is 0.207. The zero-order valence-electron chi connectivity index (χ0n) is 9.79. The van der Waals surface area contributed by atoms with Crippen LogP contribution in [0, 0.1) is 0 Å².